The predicted octanol–water partition coefficient (Wildman–Crippen LogP) is 5.25. The minimum atomic E-state index is -0.316. The summed E-state index contributed by atoms with van der Waals surface area (Å²) in [5.74, 6) is 1.40. The summed E-state index contributed by atoms with van der Waals surface area (Å²) in [6.07, 6.45) is 3.04. The van der Waals surface area contributed by atoms with Crippen LogP contribution in [0.25, 0.3) is 0 Å². The number of nitrogens with zero attached hydrogens (tertiary/aromatic N) is 1. The van der Waals surface area contributed by atoms with Gasteiger partial charge in [0.05, 0.1) is 18.1 Å². The fourth-order valence-electron chi connectivity index (χ4n) is 2.67. The fourth-order valence-corrected chi connectivity index (χ4v) is 2.67. The van der Waals surface area contributed by atoms with Crippen LogP contribution in [0.3, 0.4) is 0 Å². The number of carbonyl (C=O) groups is 1. The maximum atomic E-state index is 12.0. The van der Waals surface area contributed by atoms with Gasteiger partial charge in [-0.15, -0.1) is 0 Å². The lowest BCUT2D eigenvalue weighted by atomic mass is 10.2. The molecule has 6 nitrogen and oxygen atoms in total. The van der Waals surface area contributed by atoms with E-state index in [0.717, 1.165) is 17.0 Å². The number of nitrogens with one attached hydrogen (secondary N) is 2. The van der Waals surface area contributed by atoms with E-state index in [1.54, 1.807) is 30.5 Å². The van der Waals surface area contributed by atoms with Crippen LogP contribution in [0, 0.1) is 0 Å². The van der Waals surface area contributed by atoms with Crippen molar-refractivity contribution in [2.45, 2.75) is 6.61 Å². The normalized spacial score (nSPS) is 10.3. The summed E-state index contributed by atoms with van der Waals surface area (Å²) in [7, 11) is 0. The summed E-state index contributed by atoms with van der Waals surface area (Å²) >= 11 is 0. The van der Waals surface area contributed by atoms with Gasteiger partial charge in [0.1, 0.15) is 18.2 Å². The minimum Gasteiger partial charge on any atom is -0.489 e. The van der Waals surface area contributed by atoms with Crippen LogP contribution in [0.15, 0.2) is 95.7 Å². The van der Waals surface area contributed by atoms with Crippen LogP contribution >= 0.6 is 0 Å². The van der Waals surface area contributed by atoms with E-state index in [4.69, 9.17) is 9.15 Å². The van der Waals surface area contributed by atoms with Gasteiger partial charge in [-0.2, -0.15) is 0 Å². The zero-order valence-electron chi connectivity index (χ0n) is 15.5. The number of amides is 1. The Bertz CT molecular complexity index is 1050. The first-order chi connectivity index (χ1) is 14.3. The van der Waals surface area contributed by atoms with Crippen molar-refractivity contribution in [1.82, 2.24) is 4.98 Å². The molecule has 0 aliphatic carbocycles. The quantitative estimate of drug-likeness (QED) is 0.454. The predicted molar refractivity (Wildman–Crippen MR) is 111 cm³/mol. The lowest BCUT2D eigenvalue weighted by molar-refractivity contribution is 0.0996. The van der Waals surface area contributed by atoms with Crippen molar-refractivity contribution < 1.29 is 13.9 Å². The molecule has 0 spiro atoms. The third-order valence-corrected chi connectivity index (χ3v) is 4.14. The molecule has 6 heteroatoms. The zero-order valence-corrected chi connectivity index (χ0v) is 15.5. The lowest BCUT2D eigenvalue weighted by Crippen LogP contribution is -2.11. The van der Waals surface area contributed by atoms with Gasteiger partial charge in [-0.25, -0.2) is 4.98 Å². The van der Waals surface area contributed by atoms with E-state index < -0.39 is 0 Å². The molecule has 4 rings (SSSR count). The van der Waals surface area contributed by atoms with E-state index >= 15 is 0 Å². The Morgan fingerprint density at radius 3 is 2.38 bits per heavy atom. The van der Waals surface area contributed by atoms with E-state index in [1.165, 1.54) is 6.26 Å². The molecule has 0 saturated carbocycles. The molecule has 29 heavy (non-hydrogen) atoms. The van der Waals surface area contributed by atoms with Crippen molar-refractivity contribution in [1.29, 1.82) is 0 Å². The SMILES string of the molecule is O=C(Nc1ccc(Nc2ccc(OCc3ccccc3)cc2)nc1)c1ccco1. The summed E-state index contributed by atoms with van der Waals surface area (Å²) in [5.41, 5.74) is 2.59. The molecule has 2 aromatic carbocycles. The molecular weight excluding hydrogens is 366 g/mol. The minimum absolute atomic E-state index is 0.252. The Balaban J connectivity index is 1.31. The second-order valence-electron chi connectivity index (χ2n) is 6.29. The highest BCUT2D eigenvalue weighted by molar-refractivity contribution is 6.02. The molecule has 2 heterocycles. The van der Waals surface area contributed by atoms with Crippen molar-refractivity contribution in [2.24, 2.45) is 0 Å². The Morgan fingerprint density at radius 2 is 1.69 bits per heavy atom. The van der Waals surface area contributed by atoms with Gasteiger partial charge in [0.2, 0.25) is 0 Å². The number of pyridine rings is 1. The molecule has 0 atom stereocenters. The number of furan rings is 1. The van der Waals surface area contributed by atoms with Crippen LogP contribution in [-0.4, -0.2) is 10.9 Å². The molecule has 0 aliphatic rings. The first-order valence-corrected chi connectivity index (χ1v) is 9.11. The van der Waals surface area contributed by atoms with Gasteiger partial charge in [-0.3, -0.25) is 4.79 Å². The zero-order chi connectivity index (χ0) is 19.9. The number of carbonyl (C=O) groups excluding carboxylic acids is 1. The van der Waals surface area contributed by atoms with Crippen molar-refractivity contribution in [2.75, 3.05) is 10.6 Å². The molecule has 0 fully saturated rings. The highest BCUT2D eigenvalue weighted by atomic mass is 16.5. The Hall–Kier alpha value is -4.06. The molecule has 4 aromatic rings. The van der Waals surface area contributed by atoms with Crippen LogP contribution in [0.4, 0.5) is 17.2 Å². The maximum absolute atomic E-state index is 12.0. The van der Waals surface area contributed by atoms with Crippen molar-refractivity contribution in [3.63, 3.8) is 0 Å². The summed E-state index contributed by atoms with van der Waals surface area (Å²) < 4.78 is 10.9. The molecule has 0 unspecified atom stereocenters. The number of aromatic nitrogens is 1. The Labute approximate surface area is 168 Å². The van der Waals surface area contributed by atoms with Gasteiger partial charge in [-0.05, 0) is 54.1 Å². The maximum Gasteiger partial charge on any atom is 0.291 e. The summed E-state index contributed by atoms with van der Waals surface area (Å²) in [5, 5.41) is 5.95. The molecule has 2 N–H and O–H groups in total. The largest absolute Gasteiger partial charge is 0.489 e. The fraction of sp³-hybridized carbons (Fsp3) is 0.0435. The van der Waals surface area contributed by atoms with E-state index in [1.807, 2.05) is 54.6 Å². The van der Waals surface area contributed by atoms with E-state index in [-0.39, 0.29) is 11.7 Å². The standard InChI is InChI=1S/C23H19N3O3/c27-23(21-7-4-14-28-21)26-19-10-13-22(24-15-19)25-18-8-11-20(12-9-18)29-16-17-5-2-1-3-6-17/h1-15H,16H2,(H,24,25)(H,26,27). The number of hydrogen-bond acceptors (Lipinski definition) is 5. The van der Waals surface area contributed by atoms with Crippen LogP contribution in [-0.2, 0) is 6.61 Å². The third kappa shape index (κ3) is 5.01. The van der Waals surface area contributed by atoms with Gasteiger partial charge >= 0.3 is 0 Å². The lowest BCUT2D eigenvalue weighted by Gasteiger charge is -2.09. The van der Waals surface area contributed by atoms with Gasteiger partial charge < -0.3 is 19.8 Å². The van der Waals surface area contributed by atoms with Crippen molar-refractivity contribution in [3.8, 4) is 5.75 Å². The number of benzene rings is 2. The summed E-state index contributed by atoms with van der Waals surface area (Å²) in [6.45, 7) is 0.528. The molecular formula is C23H19N3O3. The van der Waals surface area contributed by atoms with E-state index in [2.05, 4.69) is 15.6 Å². The summed E-state index contributed by atoms with van der Waals surface area (Å²) in [4.78, 5) is 16.3. The number of hydrogen-bond donors (Lipinski definition) is 2. The average molecular weight is 385 g/mol. The average Bonchev–Trinajstić information content (AvgIpc) is 3.31. The Morgan fingerprint density at radius 1 is 0.897 bits per heavy atom. The van der Waals surface area contributed by atoms with E-state index in [9.17, 15) is 4.79 Å². The van der Waals surface area contributed by atoms with Gasteiger partial charge in [-0.1, -0.05) is 30.3 Å². The highest BCUT2D eigenvalue weighted by Gasteiger charge is 2.08. The molecule has 0 aliphatic heterocycles. The molecule has 144 valence electrons. The van der Waals surface area contributed by atoms with Crippen LogP contribution in [0.2, 0.25) is 0 Å². The summed E-state index contributed by atoms with van der Waals surface area (Å²) in [6, 6.07) is 24.5. The molecule has 0 saturated heterocycles. The third-order valence-electron chi connectivity index (χ3n) is 4.14. The molecule has 0 radical (unpaired) electrons. The van der Waals surface area contributed by atoms with Crippen LogP contribution in [0.5, 0.6) is 5.75 Å². The second-order valence-corrected chi connectivity index (χ2v) is 6.29. The van der Waals surface area contributed by atoms with E-state index in [0.29, 0.717) is 18.1 Å². The van der Waals surface area contributed by atoms with Crippen LogP contribution in [0.1, 0.15) is 16.1 Å². The molecule has 0 bridgehead atoms. The smallest absolute Gasteiger partial charge is 0.291 e. The molecule has 2 aromatic heterocycles. The van der Waals surface area contributed by atoms with Gasteiger partial charge in [0.15, 0.2) is 5.76 Å². The first kappa shape index (κ1) is 18.3. The topological polar surface area (TPSA) is 76.4 Å². The monoisotopic (exact) mass is 385 g/mol. The van der Waals surface area contributed by atoms with Gasteiger partial charge in [0, 0.05) is 5.69 Å². The number of anilines is 3. The highest BCUT2D eigenvalue weighted by Crippen LogP contribution is 2.21. The first-order valence-electron chi connectivity index (χ1n) is 9.11. The molecule has 1 amide bonds. The van der Waals surface area contributed by atoms with Crippen molar-refractivity contribution in [3.05, 3.63) is 103 Å². The number of rotatable bonds is 7. The Kier molecular flexibility index (Phi) is 5.53. The number of ether oxygens (including phenoxy) is 1. The second kappa shape index (κ2) is 8.75. The van der Waals surface area contributed by atoms with Gasteiger partial charge in [0.25, 0.3) is 5.91 Å². The van der Waals surface area contributed by atoms with Crippen LogP contribution < -0.4 is 15.4 Å². The van der Waals surface area contributed by atoms with Crippen molar-refractivity contribution >= 4 is 23.1 Å².